The van der Waals surface area contributed by atoms with Crippen molar-refractivity contribution in [3.8, 4) is 0 Å². The highest BCUT2D eigenvalue weighted by Crippen LogP contribution is 2.67. The molecule has 5 rings (SSSR count). The molecule has 9 unspecified atom stereocenters. The first-order valence-electron chi connectivity index (χ1n) is 18.6. The molecule has 0 aromatic heterocycles. The van der Waals surface area contributed by atoms with Crippen molar-refractivity contribution in [2.24, 2.45) is 5.92 Å². The molecule has 0 spiro atoms. The van der Waals surface area contributed by atoms with Gasteiger partial charge in [0.05, 0.1) is 12.5 Å². The van der Waals surface area contributed by atoms with E-state index in [0.29, 0.717) is 0 Å². The zero-order chi connectivity index (χ0) is 39.3. The van der Waals surface area contributed by atoms with Crippen molar-refractivity contribution in [1.29, 1.82) is 0 Å². The third-order valence-corrected chi connectivity index (χ3v) is 28.7. The molecule has 10 nitrogen and oxygen atoms in total. The van der Waals surface area contributed by atoms with Gasteiger partial charge in [-0.05, 0) is 59.8 Å². The van der Waals surface area contributed by atoms with Crippen LogP contribution in [0.4, 0.5) is 0 Å². The van der Waals surface area contributed by atoms with E-state index in [1.54, 1.807) is 0 Å². The third-order valence-electron chi connectivity index (χ3n) is 13.2. The molecule has 9 atom stereocenters. The molecular weight excluding hydrogens is 769 g/mol. The molecule has 4 aliphatic heterocycles. The van der Waals surface area contributed by atoms with E-state index in [4.69, 9.17) is 67.0 Å². The number of rotatable bonds is 13. The van der Waals surface area contributed by atoms with Gasteiger partial charge >= 0.3 is 5.97 Å². The third kappa shape index (κ3) is 7.03. The minimum absolute atomic E-state index is 0.109. The summed E-state index contributed by atoms with van der Waals surface area (Å²) in [6.45, 7) is 36.4. The molecule has 4 heterocycles. The number of halogens is 3. The van der Waals surface area contributed by atoms with E-state index < -0.39 is 88.4 Å². The Balaban J connectivity index is 2.08. The predicted molar refractivity (Wildman–Crippen MR) is 210 cm³/mol. The highest BCUT2D eigenvalue weighted by molar-refractivity contribution is 6.78. The van der Waals surface area contributed by atoms with Crippen LogP contribution < -0.4 is 5.32 Å². The first-order valence-corrected chi connectivity index (χ1v) is 27.7. The van der Waals surface area contributed by atoms with Crippen molar-refractivity contribution in [3.05, 3.63) is 0 Å². The lowest BCUT2D eigenvalue weighted by Crippen LogP contribution is -2.94. The SMILES string of the molecule is CCOC1OC2C3(O[Si](C(C)C)(C(C)C)C(C)C)OC4C(O[Si](C)(C)C(C)(C)C)C2(NC(=O)C(Cl)(Cl)Cl)C1C(O3)C4(O)CO[Si](C)(C)C(C)(C)C. The van der Waals surface area contributed by atoms with Gasteiger partial charge in [0, 0.05) is 6.61 Å². The Hall–Kier alpha value is 0.671. The van der Waals surface area contributed by atoms with Gasteiger partial charge in [0.2, 0.25) is 8.32 Å². The van der Waals surface area contributed by atoms with Gasteiger partial charge in [-0.2, -0.15) is 0 Å². The van der Waals surface area contributed by atoms with Crippen LogP contribution in [-0.2, 0) is 37.0 Å². The summed E-state index contributed by atoms with van der Waals surface area (Å²) in [6.07, 6.45) is -5.22. The van der Waals surface area contributed by atoms with E-state index in [-0.39, 0.29) is 39.9 Å². The zero-order valence-electron chi connectivity index (χ0n) is 34.0. The van der Waals surface area contributed by atoms with Crippen molar-refractivity contribution in [1.82, 2.24) is 5.32 Å². The van der Waals surface area contributed by atoms with Crippen LogP contribution in [0.15, 0.2) is 0 Å². The largest absolute Gasteiger partial charge is 0.414 e. The van der Waals surface area contributed by atoms with Gasteiger partial charge in [0.15, 0.2) is 29.0 Å². The lowest BCUT2D eigenvalue weighted by molar-refractivity contribution is -0.522. The van der Waals surface area contributed by atoms with E-state index >= 15 is 0 Å². The Morgan fingerprint density at radius 3 is 1.78 bits per heavy atom. The summed E-state index contributed by atoms with van der Waals surface area (Å²) in [6, 6.07) is 0. The molecule has 51 heavy (non-hydrogen) atoms. The van der Waals surface area contributed by atoms with Crippen LogP contribution in [0.5, 0.6) is 0 Å². The standard InChI is InChI=1S/C35H66Cl3NO9Si3/c1-18-42-27-23-24-32(41,19-43-49(14,15)30(8,9)10)25-26(47-50(16,17)31(11,12)13)33(23,39-29(40)34(36,37)38)28(44-27)35(45-24,46-25)48-51(20(2)3,21(4)5)22(6)7/h20-28,41H,18-19H2,1-17H3,(H,39,40). The maximum Gasteiger partial charge on any atom is 0.304 e. The monoisotopic (exact) mass is 833 g/mol. The normalized spacial score (nSPS) is 35.8. The Morgan fingerprint density at radius 2 is 1.35 bits per heavy atom. The fourth-order valence-corrected chi connectivity index (χ4v) is 16.4. The van der Waals surface area contributed by atoms with Crippen molar-refractivity contribution in [3.63, 3.8) is 0 Å². The molecule has 298 valence electrons. The lowest BCUT2D eigenvalue weighted by atomic mass is 9.57. The summed E-state index contributed by atoms with van der Waals surface area (Å²) in [5, 5.41) is 16.0. The second kappa shape index (κ2) is 13.9. The summed E-state index contributed by atoms with van der Waals surface area (Å²) >= 11 is 19.0. The lowest BCUT2D eigenvalue weighted by Gasteiger charge is -2.71. The van der Waals surface area contributed by atoms with Crippen LogP contribution in [0.25, 0.3) is 0 Å². The van der Waals surface area contributed by atoms with Crippen molar-refractivity contribution < 1.29 is 42.1 Å². The molecule has 0 aromatic rings. The molecule has 4 saturated heterocycles. The van der Waals surface area contributed by atoms with Gasteiger partial charge in [-0.15, -0.1) is 0 Å². The Labute approximate surface area is 325 Å². The number of hydrogen-bond acceptors (Lipinski definition) is 9. The molecule has 5 fully saturated rings. The van der Waals surface area contributed by atoms with Gasteiger partial charge in [0.1, 0.15) is 29.5 Å². The number of carbonyl (C=O) groups excluding carboxylic acids is 1. The highest BCUT2D eigenvalue weighted by atomic mass is 35.6. The van der Waals surface area contributed by atoms with Gasteiger partial charge in [-0.25, -0.2) is 0 Å². The maximum absolute atomic E-state index is 14.0. The Bertz CT molecular complexity index is 1280. The van der Waals surface area contributed by atoms with Crippen molar-refractivity contribution >= 4 is 65.7 Å². The Morgan fingerprint density at radius 1 is 0.863 bits per heavy atom. The molecular formula is C35H66Cl3NO9Si3. The molecule has 16 heteroatoms. The summed E-state index contributed by atoms with van der Waals surface area (Å²) in [7, 11) is -7.95. The molecule has 5 aliphatic rings. The minimum atomic E-state index is -2.82. The van der Waals surface area contributed by atoms with Gasteiger partial charge in [0.25, 0.3) is 9.70 Å². The van der Waals surface area contributed by atoms with E-state index in [1.165, 1.54) is 0 Å². The van der Waals surface area contributed by atoms with Gasteiger partial charge < -0.3 is 42.6 Å². The van der Waals surface area contributed by atoms with Gasteiger partial charge in [-0.3, -0.25) is 4.79 Å². The van der Waals surface area contributed by atoms with E-state index in [9.17, 15) is 9.90 Å². The summed E-state index contributed by atoms with van der Waals surface area (Å²) in [4.78, 5) is 14.0. The van der Waals surface area contributed by atoms with E-state index in [1.807, 2.05) is 6.92 Å². The van der Waals surface area contributed by atoms with Gasteiger partial charge in [-0.1, -0.05) is 118 Å². The number of carbonyl (C=O) groups is 1. The highest BCUT2D eigenvalue weighted by Gasteiger charge is 2.88. The van der Waals surface area contributed by atoms with E-state index in [2.05, 4.69) is 115 Å². The minimum Gasteiger partial charge on any atom is -0.414 e. The van der Waals surface area contributed by atoms with Crippen LogP contribution in [0.1, 0.15) is 90.0 Å². The molecule has 2 N–H and O–H groups in total. The fourth-order valence-electron chi connectivity index (χ4n) is 8.50. The number of amides is 1. The zero-order valence-corrected chi connectivity index (χ0v) is 39.2. The smallest absolute Gasteiger partial charge is 0.304 e. The first kappa shape index (κ1) is 44.4. The number of aliphatic hydroxyl groups is 1. The Kier molecular flexibility index (Phi) is 12.1. The summed E-state index contributed by atoms with van der Waals surface area (Å²) in [5.41, 5.74) is -2.85. The van der Waals surface area contributed by atoms with Crippen LogP contribution in [-0.4, -0.2) is 101 Å². The molecule has 0 radical (unpaired) electrons. The average Bonchev–Trinajstić information content (AvgIpc) is 3.20. The topological polar surface area (TPSA) is 114 Å². The van der Waals surface area contributed by atoms with Crippen molar-refractivity contribution in [2.75, 3.05) is 13.2 Å². The molecule has 1 amide bonds. The first-order chi connectivity index (χ1) is 22.8. The van der Waals surface area contributed by atoms with Crippen molar-refractivity contribution in [2.45, 2.75) is 195 Å². The maximum atomic E-state index is 14.0. The number of alkyl halides is 3. The van der Waals surface area contributed by atoms with E-state index in [0.717, 1.165) is 0 Å². The molecule has 0 aromatic carbocycles. The number of ether oxygens (including phenoxy) is 4. The summed E-state index contributed by atoms with van der Waals surface area (Å²) < 4.78 is 46.7. The summed E-state index contributed by atoms with van der Waals surface area (Å²) in [5.74, 6) is -3.54. The van der Waals surface area contributed by atoms with Crippen LogP contribution in [0.3, 0.4) is 0 Å². The fraction of sp³-hybridized carbons (Fsp3) is 0.971. The number of hydrogen-bond donors (Lipinski definition) is 2. The molecule has 1 saturated carbocycles. The number of nitrogens with one attached hydrogen (secondary N) is 1. The quantitative estimate of drug-likeness (QED) is 0.140. The predicted octanol–water partition coefficient (Wildman–Crippen LogP) is 8.39. The second-order valence-electron chi connectivity index (χ2n) is 19.2. The van der Waals surface area contributed by atoms with Crippen LogP contribution in [0, 0.1) is 5.92 Å². The van der Waals surface area contributed by atoms with Crippen LogP contribution >= 0.6 is 34.8 Å². The molecule has 6 bridgehead atoms. The second-order valence-corrected chi connectivity index (χ2v) is 36.4. The van der Waals surface area contributed by atoms with Crippen LogP contribution in [0.2, 0.25) is 52.9 Å². The average molecular weight is 836 g/mol. The molecule has 1 aliphatic carbocycles.